The third-order valence-electron chi connectivity index (χ3n) is 17.4. The van der Waals surface area contributed by atoms with Crippen molar-refractivity contribution in [3.8, 4) is 39.1 Å². The van der Waals surface area contributed by atoms with E-state index in [0.29, 0.717) is 27.8 Å². The number of phenolic OH excluding ortho intramolecular Hbond substituents is 1. The molecule has 36 heteroatoms. The first kappa shape index (κ1) is 76.6. The normalized spacial score (nSPS) is 25.3. The molecule has 526 valence electrons. The van der Waals surface area contributed by atoms with E-state index in [4.69, 9.17) is 24.7 Å². The molecule has 15 N–H and O–H groups in total. The summed E-state index contributed by atoms with van der Waals surface area (Å²) >= 11 is 1.27. The van der Waals surface area contributed by atoms with Crippen LogP contribution in [0.3, 0.4) is 0 Å². The molecule has 2 aromatic heterocycles. The molecule has 98 heavy (non-hydrogen) atoms. The summed E-state index contributed by atoms with van der Waals surface area (Å²) in [5.74, 6) is -11.2. The van der Waals surface area contributed by atoms with E-state index in [2.05, 4.69) is 40.9 Å². The second-order valence-corrected chi connectivity index (χ2v) is 25.9. The van der Waals surface area contributed by atoms with Crippen molar-refractivity contribution in [1.82, 2.24) is 55.9 Å². The number of hydrogen-bond donors (Lipinski definition) is 14. The molecular formula is C62H79N12NaO21S2. The Bertz CT molecular complexity index is 3560. The zero-order valence-electron chi connectivity index (χ0n) is 53.8. The standard InChI is InChI=1S/C62H80N12O21S2.Na/c1-31-28-73-50(51(31)81)58(88)64-27-37(76)24-40(65-54(84)34-11-9-33(10-12-34)41-30-74-62(66-41)96-59(70-74)35-13-16-39(17-14-35)92-22-8-4-7-21-71-19-5-3-6-20-71)55(85)67-47(32(2)75)60(89)72-29-38(77)25-42(72)56(86)69-49(57(87)68-48(61(73)90)44(79)26-46(63)80)53(83)52(82)36-15-18-43(78)45(23-36)93-97-95-94-91;/h9-18,23,30-32,37-38,40,42,44,47-53,75-79,81-83,91H,3-8,19-22,24-29H2,1-2H3,(H2,63,80)(H,64,88)(H,65,84)(H,67,85)(H,68,87)(H,69,86);/q;+1/p-1/t31?,32?,37?,38?,40-,42?,44?,47?,48?,49?,50?,51?,52?,53?;/m0./s1. The van der Waals surface area contributed by atoms with E-state index in [0.717, 1.165) is 72.0 Å². The van der Waals surface area contributed by atoms with Crippen molar-refractivity contribution >= 4 is 75.9 Å². The molecule has 6 heterocycles. The number of rotatable bonds is 22. The minimum atomic E-state index is -2.54. The molecule has 13 unspecified atom stereocenters. The van der Waals surface area contributed by atoms with Crippen LogP contribution in [-0.4, -0.2) is 236 Å². The molecule has 14 atom stereocenters. The number of primary amides is 1. The van der Waals surface area contributed by atoms with Gasteiger partial charge in [0.15, 0.2) is 11.5 Å². The Morgan fingerprint density at radius 2 is 1.49 bits per heavy atom. The van der Waals surface area contributed by atoms with Gasteiger partial charge in [-0.3, -0.25) is 43.4 Å². The number of aliphatic hydroxyl groups excluding tert-OH is 7. The first-order valence-electron chi connectivity index (χ1n) is 31.6. The number of aromatic nitrogens is 3. The number of likely N-dealkylation sites (tertiary alicyclic amines) is 1. The van der Waals surface area contributed by atoms with E-state index in [9.17, 15) is 84.5 Å². The van der Waals surface area contributed by atoms with Crippen LogP contribution in [0.25, 0.3) is 26.8 Å². The molecule has 0 aliphatic carbocycles. The molecular weight excluding hydrogens is 1340 g/mol. The number of ether oxygens (including phenoxy) is 1. The van der Waals surface area contributed by atoms with E-state index in [1.54, 1.807) is 22.8 Å². The third-order valence-corrected chi connectivity index (χ3v) is 18.7. The number of imidazole rings is 1. The fourth-order valence-corrected chi connectivity index (χ4v) is 13.2. The molecule has 4 fully saturated rings. The van der Waals surface area contributed by atoms with Gasteiger partial charge in [0.1, 0.15) is 59.2 Å². The average molecular weight is 1420 g/mol. The number of aliphatic hydroxyl groups is 7. The Morgan fingerprint density at radius 3 is 2.17 bits per heavy atom. The summed E-state index contributed by atoms with van der Waals surface area (Å²) < 4.78 is 16.7. The number of nitrogens with one attached hydrogen (secondary N) is 5. The maximum Gasteiger partial charge on any atom is 1.00 e. The summed E-state index contributed by atoms with van der Waals surface area (Å²) in [7, 11) is 0. The minimum Gasteiger partial charge on any atom is -0.691 e. The van der Waals surface area contributed by atoms with Crippen molar-refractivity contribution < 1.29 is 132 Å². The van der Waals surface area contributed by atoms with Gasteiger partial charge >= 0.3 is 29.6 Å². The zero-order valence-corrected chi connectivity index (χ0v) is 57.4. The summed E-state index contributed by atoms with van der Waals surface area (Å²) in [6, 6.07) is 4.28. The van der Waals surface area contributed by atoms with Crippen LogP contribution in [-0.2, 0) is 42.9 Å². The number of aromatic hydroxyl groups is 1. The molecule has 3 aromatic carbocycles. The van der Waals surface area contributed by atoms with Gasteiger partial charge in [0.25, 0.3) is 18.2 Å². The number of amides is 8. The Hall–Kier alpha value is -7.17. The van der Waals surface area contributed by atoms with Gasteiger partial charge in [-0.25, -0.2) is 9.50 Å². The SMILES string of the molecule is CC(O)C1NC(=O)[C@@H](NC(=O)c2ccc(-c3cn4nc(-c5ccc(OCCCCCN6CCCCC6)cc5)sc4n3)cc2)CC(O)CNC(=O)C2C(O)C(C)CN2C(=O)C(C(O)CC(N)=O)NC(=O)C(C(O)C(O)c2ccc(O)c(OSOO[O-])c2)NC(=O)C2CC(O)CN2C1=O.[Na+]. The van der Waals surface area contributed by atoms with E-state index in [1.165, 1.54) is 62.7 Å². The number of phenols is 1. The molecule has 4 aliphatic rings. The van der Waals surface area contributed by atoms with Crippen LogP contribution in [0.1, 0.15) is 93.7 Å². The molecule has 0 radical (unpaired) electrons. The van der Waals surface area contributed by atoms with Crippen molar-refractivity contribution in [2.75, 3.05) is 45.9 Å². The van der Waals surface area contributed by atoms with Crippen LogP contribution in [0.5, 0.6) is 17.2 Å². The summed E-state index contributed by atoms with van der Waals surface area (Å²) in [6.07, 6.45) is -7.39. The Morgan fingerprint density at radius 1 is 0.806 bits per heavy atom. The largest absolute Gasteiger partial charge is 1.00 e. The van der Waals surface area contributed by atoms with Crippen molar-refractivity contribution in [3.63, 3.8) is 0 Å². The fourth-order valence-electron chi connectivity index (χ4n) is 12.1. The molecule has 0 bridgehead atoms. The van der Waals surface area contributed by atoms with E-state index < -0.39 is 183 Å². The van der Waals surface area contributed by atoms with Gasteiger partial charge in [0.2, 0.25) is 46.3 Å². The number of benzene rings is 3. The number of nitrogens with zero attached hydrogens (tertiary/aromatic N) is 6. The van der Waals surface area contributed by atoms with Crippen LogP contribution in [0.15, 0.2) is 72.9 Å². The zero-order chi connectivity index (χ0) is 69.8. The van der Waals surface area contributed by atoms with E-state index >= 15 is 0 Å². The first-order valence-corrected chi connectivity index (χ1v) is 33.1. The van der Waals surface area contributed by atoms with E-state index in [-0.39, 0.29) is 53.0 Å². The molecule has 5 aromatic rings. The van der Waals surface area contributed by atoms with Gasteiger partial charge in [-0.1, -0.05) is 42.9 Å². The molecule has 0 spiro atoms. The van der Waals surface area contributed by atoms with Crippen molar-refractivity contribution in [2.24, 2.45) is 11.7 Å². The van der Waals surface area contributed by atoms with Gasteiger partial charge < -0.3 is 102 Å². The fraction of sp³-hybridized carbons (Fsp3) is 0.516. The van der Waals surface area contributed by atoms with Gasteiger partial charge in [-0.2, -0.15) is 5.10 Å². The minimum absolute atomic E-state index is 0. The first-order chi connectivity index (χ1) is 46.4. The number of β-amino-alcohol motifs (C(OH)–C–C–N with tert-alkyl or cyclic N) is 1. The van der Waals surface area contributed by atoms with Crippen LogP contribution in [0.4, 0.5) is 0 Å². The predicted molar refractivity (Wildman–Crippen MR) is 340 cm³/mol. The number of unbranched alkanes of at least 4 members (excludes halogenated alkanes) is 2. The second-order valence-electron chi connectivity index (χ2n) is 24.5. The second kappa shape index (κ2) is 35.2. The van der Waals surface area contributed by atoms with Gasteiger partial charge in [0.05, 0.1) is 55.4 Å². The summed E-state index contributed by atoms with van der Waals surface area (Å²) in [4.78, 5) is 123. The third kappa shape index (κ3) is 19.2. The number of carbonyl (C=O) groups is 8. The molecule has 4 saturated heterocycles. The van der Waals surface area contributed by atoms with Gasteiger partial charge in [-0.05, 0) is 113 Å². The summed E-state index contributed by atoms with van der Waals surface area (Å²) in [5, 5.41) is 121. The maximum atomic E-state index is 14.7. The van der Waals surface area contributed by atoms with E-state index in [1.807, 2.05) is 24.3 Å². The number of hydrogen-bond acceptors (Lipinski definition) is 26. The Kier molecular flexibility index (Phi) is 27.5. The monoisotopic (exact) mass is 1410 g/mol. The van der Waals surface area contributed by atoms with Crippen LogP contribution < -0.4 is 76.1 Å². The predicted octanol–water partition coefficient (Wildman–Crippen LogP) is -5.65. The number of carbonyl (C=O) groups excluding carboxylic acids is 8. The number of fused-ring (bicyclic) bond motifs is 3. The summed E-state index contributed by atoms with van der Waals surface area (Å²) in [6.45, 7) is 4.82. The number of nitrogens with two attached hydrogens (primary N) is 1. The van der Waals surface area contributed by atoms with Crippen molar-refractivity contribution in [3.05, 3.63) is 84.1 Å². The van der Waals surface area contributed by atoms with Crippen LogP contribution in [0.2, 0.25) is 0 Å². The van der Waals surface area contributed by atoms with Crippen molar-refractivity contribution in [2.45, 2.75) is 151 Å². The van der Waals surface area contributed by atoms with Crippen LogP contribution >= 0.6 is 23.7 Å². The smallest absolute Gasteiger partial charge is 0.691 e. The Labute approximate surface area is 591 Å². The molecule has 0 saturated carbocycles. The van der Waals surface area contributed by atoms with Gasteiger partial charge in [-0.15, -0.1) is 4.33 Å². The topological polar surface area (TPSA) is 484 Å². The average Bonchev–Trinajstić information content (AvgIpc) is 1.56. The molecule has 8 amide bonds. The summed E-state index contributed by atoms with van der Waals surface area (Å²) in [5.41, 5.74) is 6.97. The van der Waals surface area contributed by atoms with Crippen LogP contribution in [0, 0.1) is 5.92 Å². The molecule has 33 nitrogen and oxygen atoms in total. The molecule has 9 rings (SSSR count). The van der Waals surface area contributed by atoms with Gasteiger partial charge in [0, 0.05) is 55.1 Å². The number of piperidine rings is 1. The molecule has 4 aliphatic heterocycles. The Balaban J connectivity index is 0.0000122. The van der Waals surface area contributed by atoms with Crippen molar-refractivity contribution in [1.29, 1.82) is 0 Å². The maximum absolute atomic E-state index is 14.7. The quantitative estimate of drug-likeness (QED) is 0.0101.